The highest BCUT2D eigenvalue weighted by atomic mass is 35.5. The maximum Gasteiger partial charge on any atom is 0.119 e. The van der Waals surface area contributed by atoms with Gasteiger partial charge in [0, 0.05) is 6.42 Å². The number of ether oxygens (including phenoxy) is 1. The molecule has 0 spiro atoms. The van der Waals surface area contributed by atoms with E-state index in [-0.39, 0.29) is 12.4 Å². The summed E-state index contributed by atoms with van der Waals surface area (Å²) in [6.07, 6.45) is -0.0753. The zero-order valence-corrected chi connectivity index (χ0v) is 12.2. The van der Waals surface area contributed by atoms with E-state index in [1.807, 2.05) is 54.6 Å². The standard InChI is InChI=1S/C16H19NO2.ClH/c1-19-14-9-5-8-13(11-14)16(17)15(18)10-12-6-3-2-4-7-12;/h2-9,11,15-16,18H,10,17H2,1H3;1H/t15-,16+;/m1./s1. The third-order valence-electron chi connectivity index (χ3n) is 3.18. The van der Waals surface area contributed by atoms with Gasteiger partial charge in [-0.2, -0.15) is 0 Å². The van der Waals surface area contributed by atoms with Gasteiger partial charge in [0.25, 0.3) is 0 Å². The van der Waals surface area contributed by atoms with E-state index in [0.29, 0.717) is 6.42 Å². The van der Waals surface area contributed by atoms with Crippen molar-refractivity contribution >= 4 is 12.4 Å². The summed E-state index contributed by atoms with van der Waals surface area (Å²) in [4.78, 5) is 0. The minimum Gasteiger partial charge on any atom is -0.497 e. The van der Waals surface area contributed by atoms with Gasteiger partial charge < -0.3 is 15.6 Å². The molecule has 0 unspecified atom stereocenters. The maximum absolute atomic E-state index is 10.2. The number of halogens is 1. The van der Waals surface area contributed by atoms with Crippen LogP contribution in [0.5, 0.6) is 5.75 Å². The first-order valence-electron chi connectivity index (χ1n) is 6.32. The van der Waals surface area contributed by atoms with Crippen molar-refractivity contribution in [1.82, 2.24) is 0 Å². The molecule has 0 fully saturated rings. The summed E-state index contributed by atoms with van der Waals surface area (Å²) in [5.74, 6) is 0.750. The molecule has 0 radical (unpaired) electrons. The Balaban J connectivity index is 0.00000200. The van der Waals surface area contributed by atoms with Crippen LogP contribution in [0.4, 0.5) is 0 Å². The molecular weight excluding hydrogens is 274 g/mol. The number of hydrogen-bond acceptors (Lipinski definition) is 3. The number of hydrogen-bond donors (Lipinski definition) is 2. The number of aliphatic hydroxyl groups is 1. The Kier molecular flexibility index (Phi) is 6.52. The fourth-order valence-corrected chi connectivity index (χ4v) is 2.05. The molecule has 20 heavy (non-hydrogen) atoms. The van der Waals surface area contributed by atoms with Gasteiger partial charge in [-0.3, -0.25) is 0 Å². The van der Waals surface area contributed by atoms with Crippen molar-refractivity contribution in [2.24, 2.45) is 5.73 Å². The quantitative estimate of drug-likeness (QED) is 0.891. The largest absolute Gasteiger partial charge is 0.497 e. The number of aliphatic hydroxyl groups excluding tert-OH is 1. The average molecular weight is 294 g/mol. The van der Waals surface area contributed by atoms with Gasteiger partial charge in [0.1, 0.15) is 5.75 Å². The molecule has 3 N–H and O–H groups in total. The van der Waals surface area contributed by atoms with Crippen molar-refractivity contribution in [3.8, 4) is 5.75 Å². The summed E-state index contributed by atoms with van der Waals surface area (Å²) in [5.41, 5.74) is 8.06. The van der Waals surface area contributed by atoms with Crippen LogP contribution in [0, 0.1) is 0 Å². The predicted octanol–water partition coefficient (Wildman–Crippen LogP) is 2.72. The lowest BCUT2D eigenvalue weighted by Crippen LogP contribution is -2.28. The molecule has 0 saturated carbocycles. The van der Waals surface area contributed by atoms with Gasteiger partial charge in [-0.25, -0.2) is 0 Å². The number of rotatable bonds is 5. The molecule has 0 aliphatic rings. The maximum atomic E-state index is 10.2. The molecule has 0 heterocycles. The van der Waals surface area contributed by atoms with Crippen LogP contribution in [-0.4, -0.2) is 18.3 Å². The van der Waals surface area contributed by atoms with Crippen molar-refractivity contribution in [1.29, 1.82) is 0 Å². The van der Waals surface area contributed by atoms with Crippen LogP contribution < -0.4 is 10.5 Å². The van der Waals surface area contributed by atoms with E-state index in [9.17, 15) is 5.11 Å². The molecule has 0 bridgehead atoms. The Morgan fingerprint density at radius 2 is 1.80 bits per heavy atom. The third-order valence-corrected chi connectivity index (χ3v) is 3.18. The van der Waals surface area contributed by atoms with Crippen molar-refractivity contribution in [2.45, 2.75) is 18.6 Å². The molecule has 0 amide bonds. The Labute approximate surface area is 125 Å². The molecule has 2 aromatic rings. The summed E-state index contributed by atoms with van der Waals surface area (Å²) < 4.78 is 5.17. The highest BCUT2D eigenvalue weighted by Gasteiger charge is 2.17. The number of nitrogens with two attached hydrogens (primary N) is 1. The van der Waals surface area contributed by atoms with Gasteiger partial charge in [0.15, 0.2) is 0 Å². The van der Waals surface area contributed by atoms with Crippen LogP contribution in [0.25, 0.3) is 0 Å². The third kappa shape index (κ3) is 4.23. The zero-order valence-electron chi connectivity index (χ0n) is 11.4. The van der Waals surface area contributed by atoms with Gasteiger partial charge in [-0.15, -0.1) is 12.4 Å². The monoisotopic (exact) mass is 293 g/mol. The number of methoxy groups -OCH3 is 1. The van der Waals surface area contributed by atoms with E-state index >= 15 is 0 Å². The van der Waals surface area contributed by atoms with Crippen LogP contribution in [0.2, 0.25) is 0 Å². The topological polar surface area (TPSA) is 55.5 Å². The lowest BCUT2D eigenvalue weighted by Gasteiger charge is -2.19. The second kappa shape index (κ2) is 7.90. The molecule has 108 valence electrons. The Bertz CT molecular complexity index is 519. The minimum atomic E-state index is -0.616. The average Bonchev–Trinajstić information content (AvgIpc) is 2.47. The van der Waals surface area contributed by atoms with Crippen LogP contribution >= 0.6 is 12.4 Å². The van der Waals surface area contributed by atoms with E-state index in [1.54, 1.807) is 7.11 Å². The highest BCUT2D eigenvalue weighted by Crippen LogP contribution is 2.21. The molecule has 0 aliphatic carbocycles. The molecule has 3 nitrogen and oxygen atoms in total. The zero-order chi connectivity index (χ0) is 13.7. The molecular formula is C16H20ClNO2. The molecule has 0 aliphatic heterocycles. The predicted molar refractivity (Wildman–Crippen MR) is 83.3 cm³/mol. The van der Waals surface area contributed by atoms with Crippen molar-refractivity contribution in [2.75, 3.05) is 7.11 Å². The van der Waals surface area contributed by atoms with Crippen LogP contribution in [0.3, 0.4) is 0 Å². The molecule has 4 heteroatoms. The van der Waals surface area contributed by atoms with Crippen LogP contribution in [0.15, 0.2) is 54.6 Å². The van der Waals surface area contributed by atoms with E-state index in [4.69, 9.17) is 10.5 Å². The molecule has 2 rings (SSSR count). The first-order valence-corrected chi connectivity index (χ1v) is 6.32. The van der Waals surface area contributed by atoms with Gasteiger partial charge in [0.05, 0.1) is 19.3 Å². The highest BCUT2D eigenvalue weighted by molar-refractivity contribution is 5.85. The summed E-state index contributed by atoms with van der Waals surface area (Å²) in [6.45, 7) is 0. The second-order valence-corrected chi connectivity index (χ2v) is 4.56. The van der Waals surface area contributed by atoms with Gasteiger partial charge >= 0.3 is 0 Å². The molecule has 0 saturated heterocycles. The Hall–Kier alpha value is -1.55. The van der Waals surface area contributed by atoms with Gasteiger partial charge in [-0.1, -0.05) is 42.5 Å². The summed E-state index contributed by atoms with van der Waals surface area (Å²) in [7, 11) is 1.62. The van der Waals surface area contributed by atoms with E-state index in [2.05, 4.69) is 0 Å². The lowest BCUT2D eigenvalue weighted by atomic mass is 9.97. The summed E-state index contributed by atoms with van der Waals surface area (Å²) >= 11 is 0. The Morgan fingerprint density at radius 3 is 2.45 bits per heavy atom. The van der Waals surface area contributed by atoms with Gasteiger partial charge in [-0.05, 0) is 23.3 Å². The van der Waals surface area contributed by atoms with E-state index in [0.717, 1.165) is 16.9 Å². The molecule has 2 atom stereocenters. The number of benzene rings is 2. The second-order valence-electron chi connectivity index (χ2n) is 4.56. The minimum absolute atomic E-state index is 0. The Morgan fingerprint density at radius 1 is 1.10 bits per heavy atom. The molecule has 2 aromatic carbocycles. The summed E-state index contributed by atoms with van der Waals surface area (Å²) in [6, 6.07) is 16.9. The van der Waals surface area contributed by atoms with Gasteiger partial charge in [0.2, 0.25) is 0 Å². The fourth-order valence-electron chi connectivity index (χ4n) is 2.05. The normalized spacial score (nSPS) is 13.2. The van der Waals surface area contributed by atoms with Crippen LogP contribution in [0.1, 0.15) is 17.2 Å². The fraction of sp³-hybridized carbons (Fsp3) is 0.250. The smallest absolute Gasteiger partial charge is 0.119 e. The first kappa shape index (κ1) is 16.5. The van der Waals surface area contributed by atoms with E-state index < -0.39 is 12.1 Å². The lowest BCUT2D eigenvalue weighted by molar-refractivity contribution is 0.145. The first-order chi connectivity index (χ1) is 9.20. The van der Waals surface area contributed by atoms with Crippen molar-refractivity contribution < 1.29 is 9.84 Å². The SMILES string of the molecule is COc1cccc([C@H](N)[C@H](O)Cc2ccccc2)c1.Cl. The van der Waals surface area contributed by atoms with Crippen LogP contribution in [-0.2, 0) is 6.42 Å². The van der Waals surface area contributed by atoms with Crippen molar-refractivity contribution in [3.63, 3.8) is 0 Å². The van der Waals surface area contributed by atoms with E-state index in [1.165, 1.54) is 0 Å². The van der Waals surface area contributed by atoms with Crippen molar-refractivity contribution in [3.05, 3.63) is 65.7 Å². The molecule has 0 aromatic heterocycles. The summed E-state index contributed by atoms with van der Waals surface area (Å²) in [5, 5.41) is 10.2.